The largest absolute Gasteiger partial charge is 0.368 e. The number of anilines is 1. The van der Waals surface area contributed by atoms with Gasteiger partial charge in [-0.2, -0.15) is 0 Å². The highest BCUT2D eigenvalue weighted by Crippen LogP contribution is 2.26. The fourth-order valence-corrected chi connectivity index (χ4v) is 2.71. The Morgan fingerprint density at radius 2 is 1.85 bits per heavy atom. The number of rotatable bonds is 3. The molecule has 0 aliphatic carbocycles. The summed E-state index contributed by atoms with van der Waals surface area (Å²) in [5.74, 6) is 0.928. The molecule has 0 spiro atoms. The lowest BCUT2D eigenvalue weighted by Crippen LogP contribution is -2.32. The molecular weight excluding hydrogens is 250 g/mol. The van der Waals surface area contributed by atoms with Gasteiger partial charge in [0.2, 0.25) is 5.95 Å². The van der Waals surface area contributed by atoms with E-state index in [2.05, 4.69) is 32.0 Å². The zero-order chi connectivity index (χ0) is 13.8. The summed E-state index contributed by atoms with van der Waals surface area (Å²) in [6.07, 6.45) is 7.83. The molecule has 0 amide bonds. The van der Waals surface area contributed by atoms with E-state index >= 15 is 0 Å². The van der Waals surface area contributed by atoms with Crippen LogP contribution in [0.2, 0.25) is 0 Å². The first kappa shape index (κ1) is 13.0. The van der Waals surface area contributed by atoms with E-state index in [1.165, 1.54) is 5.69 Å². The summed E-state index contributed by atoms with van der Waals surface area (Å²) in [4.78, 5) is 15.0. The van der Waals surface area contributed by atoms with E-state index < -0.39 is 0 Å². The molecule has 1 saturated heterocycles. The first-order valence-electron chi connectivity index (χ1n) is 7.01. The van der Waals surface area contributed by atoms with Gasteiger partial charge >= 0.3 is 0 Å². The Morgan fingerprint density at radius 1 is 1.10 bits per heavy atom. The topological polar surface area (TPSA) is 67.9 Å². The molecule has 2 aromatic heterocycles. The Kier molecular flexibility index (Phi) is 3.87. The Morgan fingerprint density at radius 3 is 2.50 bits per heavy atom. The van der Waals surface area contributed by atoms with Gasteiger partial charge in [-0.05, 0) is 38.1 Å². The van der Waals surface area contributed by atoms with Gasteiger partial charge in [0.1, 0.15) is 0 Å². The van der Waals surface area contributed by atoms with Crippen molar-refractivity contribution < 1.29 is 0 Å². The van der Waals surface area contributed by atoms with Gasteiger partial charge < -0.3 is 5.73 Å². The molecule has 0 aromatic carbocycles. The summed E-state index contributed by atoms with van der Waals surface area (Å²) < 4.78 is 0. The highest BCUT2D eigenvalue weighted by atomic mass is 15.1. The molecule has 2 aromatic rings. The molecule has 0 radical (unpaired) electrons. The second-order valence-corrected chi connectivity index (χ2v) is 5.25. The highest BCUT2D eigenvalue weighted by Gasteiger charge is 2.21. The average molecular weight is 269 g/mol. The van der Waals surface area contributed by atoms with Crippen LogP contribution in [0, 0.1) is 0 Å². The molecule has 0 atom stereocenters. The normalized spacial score (nSPS) is 17.2. The summed E-state index contributed by atoms with van der Waals surface area (Å²) in [5, 5.41) is 0. The molecule has 1 fully saturated rings. The van der Waals surface area contributed by atoms with Crippen LogP contribution in [-0.4, -0.2) is 32.9 Å². The molecule has 0 unspecified atom stereocenters. The van der Waals surface area contributed by atoms with Crippen molar-refractivity contribution in [2.24, 2.45) is 0 Å². The minimum atomic E-state index is 0.336. The van der Waals surface area contributed by atoms with Gasteiger partial charge in [0.25, 0.3) is 0 Å². The van der Waals surface area contributed by atoms with Crippen LogP contribution in [0.3, 0.4) is 0 Å². The van der Waals surface area contributed by atoms with E-state index in [9.17, 15) is 0 Å². The SMILES string of the molecule is Nc1ncc(CN2CCC(c3ccccn3)CC2)cn1. The summed E-state index contributed by atoms with van der Waals surface area (Å²) >= 11 is 0. The molecule has 3 heterocycles. The number of nitrogens with zero attached hydrogens (tertiary/aromatic N) is 4. The lowest BCUT2D eigenvalue weighted by atomic mass is 9.93. The zero-order valence-electron chi connectivity index (χ0n) is 11.4. The predicted octanol–water partition coefficient (Wildman–Crippen LogP) is 1.83. The molecule has 5 heteroatoms. The van der Waals surface area contributed by atoms with Gasteiger partial charge in [-0.15, -0.1) is 0 Å². The molecule has 20 heavy (non-hydrogen) atoms. The van der Waals surface area contributed by atoms with E-state index in [4.69, 9.17) is 5.73 Å². The Bertz CT molecular complexity index is 532. The molecule has 0 bridgehead atoms. The quantitative estimate of drug-likeness (QED) is 0.920. The van der Waals surface area contributed by atoms with Crippen LogP contribution >= 0.6 is 0 Å². The number of likely N-dealkylation sites (tertiary alicyclic amines) is 1. The summed E-state index contributed by atoms with van der Waals surface area (Å²) in [5.41, 5.74) is 7.85. The third-order valence-electron chi connectivity index (χ3n) is 3.83. The van der Waals surface area contributed by atoms with Crippen LogP contribution in [0.25, 0.3) is 0 Å². The van der Waals surface area contributed by atoms with Crippen LogP contribution in [-0.2, 0) is 6.54 Å². The van der Waals surface area contributed by atoms with E-state index in [1.807, 2.05) is 24.7 Å². The fourth-order valence-electron chi connectivity index (χ4n) is 2.71. The van der Waals surface area contributed by atoms with E-state index in [0.717, 1.165) is 38.0 Å². The number of hydrogen-bond donors (Lipinski definition) is 1. The van der Waals surface area contributed by atoms with Gasteiger partial charge in [-0.25, -0.2) is 9.97 Å². The molecule has 5 nitrogen and oxygen atoms in total. The second-order valence-electron chi connectivity index (χ2n) is 5.25. The van der Waals surface area contributed by atoms with Gasteiger partial charge in [-0.1, -0.05) is 6.07 Å². The van der Waals surface area contributed by atoms with Crippen LogP contribution in [0.1, 0.15) is 30.0 Å². The summed E-state index contributed by atoms with van der Waals surface area (Å²) in [6, 6.07) is 6.17. The minimum Gasteiger partial charge on any atom is -0.368 e. The highest BCUT2D eigenvalue weighted by molar-refractivity contribution is 5.17. The number of nitrogens with two attached hydrogens (primary N) is 1. The maximum atomic E-state index is 5.50. The molecule has 1 aliphatic heterocycles. The van der Waals surface area contributed by atoms with E-state index in [-0.39, 0.29) is 0 Å². The lowest BCUT2D eigenvalue weighted by Gasteiger charge is -2.31. The first-order chi connectivity index (χ1) is 9.81. The third-order valence-corrected chi connectivity index (χ3v) is 3.83. The van der Waals surface area contributed by atoms with Crippen molar-refractivity contribution >= 4 is 5.95 Å². The monoisotopic (exact) mass is 269 g/mol. The molecule has 1 aliphatic rings. The van der Waals surface area contributed by atoms with Gasteiger partial charge in [0.15, 0.2) is 0 Å². The van der Waals surface area contributed by atoms with Crippen LogP contribution < -0.4 is 5.73 Å². The molecule has 3 rings (SSSR count). The van der Waals surface area contributed by atoms with Crippen molar-refractivity contribution in [3.8, 4) is 0 Å². The minimum absolute atomic E-state index is 0.336. The van der Waals surface area contributed by atoms with Gasteiger partial charge in [-0.3, -0.25) is 9.88 Å². The van der Waals surface area contributed by atoms with Crippen molar-refractivity contribution in [2.75, 3.05) is 18.8 Å². The predicted molar refractivity (Wildman–Crippen MR) is 77.9 cm³/mol. The van der Waals surface area contributed by atoms with E-state index in [1.54, 1.807) is 0 Å². The van der Waals surface area contributed by atoms with Crippen LogP contribution in [0.4, 0.5) is 5.95 Å². The molecular formula is C15H19N5. The number of pyridine rings is 1. The third kappa shape index (κ3) is 3.11. The van der Waals surface area contributed by atoms with Gasteiger partial charge in [0, 0.05) is 42.3 Å². The Balaban J connectivity index is 1.55. The van der Waals surface area contributed by atoms with Crippen LogP contribution in [0.5, 0.6) is 0 Å². The second kappa shape index (κ2) is 5.96. The van der Waals surface area contributed by atoms with Crippen molar-refractivity contribution in [2.45, 2.75) is 25.3 Å². The summed E-state index contributed by atoms with van der Waals surface area (Å²) in [6.45, 7) is 3.08. The number of piperidine rings is 1. The van der Waals surface area contributed by atoms with Crippen molar-refractivity contribution in [3.05, 3.63) is 48.0 Å². The maximum absolute atomic E-state index is 5.50. The van der Waals surface area contributed by atoms with Gasteiger partial charge in [0.05, 0.1) is 0 Å². The zero-order valence-corrected chi connectivity index (χ0v) is 11.4. The Labute approximate surface area is 118 Å². The lowest BCUT2D eigenvalue weighted by molar-refractivity contribution is 0.203. The molecule has 2 N–H and O–H groups in total. The Hall–Kier alpha value is -2.01. The van der Waals surface area contributed by atoms with E-state index in [0.29, 0.717) is 11.9 Å². The van der Waals surface area contributed by atoms with Crippen molar-refractivity contribution in [3.63, 3.8) is 0 Å². The molecule has 0 saturated carbocycles. The number of hydrogen-bond acceptors (Lipinski definition) is 5. The van der Waals surface area contributed by atoms with Crippen LogP contribution in [0.15, 0.2) is 36.8 Å². The number of nitrogen functional groups attached to an aromatic ring is 1. The number of aromatic nitrogens is 3. The smallest absolute Gasteiger partial charge is 0.219 e. The standard InChI is InChI=1S/C15H19N5/c16-15-18-9-12(10-19-15)11-20-7-4-13(5-8-20)14-3-1-2-6-17-14/h1-3,6,9-10,13H,4-5,7-8,11H2,(H2,16,18,19). The van der Waals surface area contributed by atoms with Crippen molar-refractivity contribution in [1.82, 2.24) is 19.9 Å². The molecule has 104 valence electrons. The average Bonchev–Trinajstić information content (AvgIpc) is 2.51. The first-order valence-corrected chi connectivity index (χ1v) is 7.01. The fraction of sp³-hybridized carbons (Fsp3) is 0.400. The maximum Gasteiger partial charge on any atom is 0.219 e. The summed E-state index contributed by atoms with van der Waals surface area (Å²) in [7, 11) is 0. The van der Waals surface area contributed by atoms with Crippen molar-refractivity contribution in [1.29, 1.82) is 0 Å².